The van der Waals surface area contributed by atoms with Gasteiger partial charge in [0.2, 0.25) is 35.4 Å². The van der Waals surface area contributed by atoms with Crippen molar-refractivity contribution in [2.75, 3.05) is 26.2 Å². The van der Waals surface area contributed by atoms with Crippen molar-refractivity contribution in [1.29, 1.82) is 0 Å². The Kier molecular flexibility index (Phi) is 20.7. The van der Waals surface area contributed by atoms with Gasteiger partial charge in [-0.2, -0.15) is 0 Å². The molecule has 1 saturated heterocycles. The monoisotopic (exact) mass is 711 g/mol. The molecule has 1 fully saturated rings. The Hall–Kier alpha value is -4.52. The van der Waals surface area contributed by atoms with Crippen LogP contribution in [-0.4, -0.2) is 109 Å². The second-order valence-corrected chi connectivity index (χ2v) is 12.7. The van der Waals surface area contributed by atoms with Crippen molar-refractivity contribution < 1.29 is 38.7 Å². The van der Waals surface area contributed by atoms with Crippen molar-refractivity contribution in [2.45, 2.75) is 115 Å². The lowest BCUT2D eigenvalue weighted by Crippen LogP contribution is -2.59. The second-order valence-electron chi connectivity index (χ2n) is 12.7. The summed E-state index contributed by atoms with van der Waals surface area (Å²) in [6, 6.07) is -6.23. The van der Waals surface area contributed by atoms with Crippen LogP contribution in [0.25, 0.3) is 0 Å². The highest BCUT2D eigenvalue weighted by atomic mass is 16.4. The van der Waals surface area contributed by atoms with E-state index in [9.17, 15) is 38.7 Å². The van der Waals surface area contributed by atoms with E-state index >= 15 is 0 Å². The quantitative estimate of drug-likeness (QED) is 0.0428. The van der Waals surface area contributed by atoms with Crippen molar-refractivity contribution in [3.63, 3.8) is 0 Å². The van der Waals surface area contributed by atoms with Gasteiger partial charge in [0.15, 0.2) is 5.96 Å². The van der Waals surface area contributed by atoms with Crippen LogP contribution >= 0.6 is 0 Å². The van der Waals surface area contributed by atoms with Gasteiger partial charge in [0.1, 0.15) is 30.2 Å². The van der Waals surface area contributed by atoms with E-state index in [1.165, 1.54) is 0 Å². The van der Waals surface area contributed by atoms with E-state index in [-0.39, 0.29) is 63.5 Å². The van der Waals surface area contributed by atoms with Crippen molar-refractivity contribution in [3.8, 4) is 0 Å². The first-order valence-electron chi connectivity index (χ1n) is 17.1. The number of hydrogen-bond acceptors (Lipinski definition) is 10. The molecule has 284 valence electrons. The fourth-order valence-corrected chi connectivity index (χ4v) is 5.16. The van der Waals surface area contributed by atoms with Crippen molar-refractivity contribution in [1.82, 2.24) is 31.9 Å². The van der Waals surface area contributed by atoms with Gasteiger partial charge in [0, 0.05) is 19.5 Å². The van der Waals surface area contributed by atoms with Gasteiger partial charge >= 0.3 is 5.97 Å². The highest BCUT2D eigenvalue weighted by molar-refractivity contribution is 5.97. The molecule has 0 aliphatic carbocycles. The minimum absolute atomic E-state index is 0.0282. The van der Waals surface area contributed by atoms with Gasteiger partial charge in [-0.1, -0.05) is 13.8 Å². The van der Waals surface area contributed by atoms with E-state index in [0.29, 0.717) is 38.8 Å². The molecule has 19 nitrogen and oxygen atoms in total. The summed E-state index contributed by atoms with van der Waals surface area (Å²) >= 11 is 0. The number of aliphatic imine (C=N–C) groups is 1. The number of nitrogens with one attached hydrogen (secondary N) is 6. The molecule has 0 aromatic rings. The highest BCUT2D eigenvalue weighted by Gasteiger charge is 2.33. The number of amides is 6. The largest absolute Gasteiger partial charge is 0.481 e. The zero-order valence-electron chi connectivity index (χ0n) is 29.1. The molecule has 5 atom stereocenters. The molecule has 0 saturated carbocycles. The number of nitrogens with zero attached hydrogens (tertiary/aromatic N) is 1. The molecule has 0 spiro atoms. The van der Waals surface area contributed by atoms with Crippen LogP contribution in [0.4, 0.5) is 0 Å². The average molecular weight is 712 g/mol. The zero-order valence-corrected chi connectivity index (χ0v) is 29.1. The summed E-state index contributed by atoms with van der Waals surface area (Å²) in [4.78, 5) is 95.9. The lowest BCUT2D eigenvalue weighted by atomic mass is 10.0. The Bertz CT molecular complexity index is 1180. The third-order valence-electron chi connectivity index (χ3n) is 7.76. The number of unbranched alkanes of at least 4 members (excludes halogenated alkanes) is 2. The van der Waals surface area contributed by atoms with Crippen LogP contribution in [0.1, 0.15) is 84.5 Å². The van der Waals surface area contributed by atoms with Crippen LogP contribution in [0.15, 0.2) is 4.99 Å². The van der Waals surface area contributed by atoms with Crippen LogP contribution in [0, 0.1) is 5.92 Å². The first-order chi connectivity index (χ1) is 23.7. The minimum Gasteiger partial charge on any atom is -0.481 e. The van der Waals surface area contributed by atoms with E-state index in [4.69, 9.17) is 22.9 Å². The predicted molar refractivity (Wildman–Crippen MR) is 185 cm³/mol. The fraction of sp³-hybridized carbons (Fsp3) is 0.742. The third kappa shape index (κ3) is 17.8. The van der Waals surface area contributed by atoms with E-state index < -0.39 is 78.0 Å². The average Bonchev–Trinajstić information content (AvgIpc) is 3.03. The van der Waals surface area contributed by atoms with Gasteiger partial charge < -0.3 is 59.9 Å². The number of carbonyl (C=O) groups is 7. The Morgan fingerprint density at radius 2 is 1.16 bits per heavy atom. The van der Waals surface area contributed by atoms with Crippen molar-refractivity contribution in [3.05, 3.63) is 0 Å². The molecule has 1 rings (SSSR count). The molecule has 19 heteroatoms. The molecule has 15 N–H and O–H groups in total. The molecule has 0 unspecified atom stereocenters. The first-order valence-corrected chi connectivity index (χ1v) is 17.1. The molecular weight excluding hydrogens is 654 g/mol. The number of rotatable bonds is 16. The summed E-state index contributed by atoms with van der Waals surface area (Å²) in [5.41, 5.74) is 22.1. The number of aliphatic carboxylic acids is 1. The predicted octanol–water partition coefficient (Wildman–Crippen LogP) is -3.24. The normalized spacial score (nSPS) is 23.2. The van der Waals surface area contributed by atoms with E-state index in [2.05, 4.69) is 36.9 Å². The smallest absolute Gasteiger partial charge is 0.305 e. The summed E-state index contributed by atoms with van der Waals surface area (Å²) in [5.74, 6) is -5.93. The summed E-state index contributed by atoms with van der Waals surface area (Å²) < 4.78 is 0. The molecule has 0 radical (unpaired) electrons. The van der Waals surface area contributed by atoms with Crippen molar-refractivity contribution in [2.24, 2.45) is 33.8 Å². The summed E-state index contributed by atoms with van der Waals surface area (Å²) in [5, 5.41) is 25.1. The molecule has 6 amide bonds. The minimum atomic E-state index is -1.62. The summed E-state index contributed by atoms with van der Waals surface area (Å²) in [6.07, 6.45) is 1.57. The van der Waals surface area contributed by atoms with Crippen LogP contribution < -0.4 is 54.8 Å². The standard InChI is InChI=1S/C31H57N11O8/c1-18(2)16-22-26(46)36-15-11-24(43)38-19(8-3-5-12-32)27(47)42-23(17-25(44)45)30(50)40-20(9-4-6-13-33)28(48)39-21(29(49)41-22)10-7-14-37-31(34)35/h18-23H,3-17,32-33H2,1-2H3,(H,36,46)(H,38,43)(H,39,48)(H,40,50)(H,41,49)(H,42,47)(H,44,45)(H4,34,35,37)/t19-,20-,21-,22-,23-/m0/s1. The molecular formula is C31H57N11O8. The van der Waals surface area contributed by atoms with Crippen molar-refractivity contribution >= 4 is 47.4 Å². The molecule has 1 aliphatic heterocycles. The van der Waals surface area contributed by atoms with E-state index in [1.807, 2.05) is 13.8 Å². The molecule has 1 heterocycles. The van der Waals surface area contributed by atoms with Crippen LogP contribution in [0.3, 0.4) is 0 Å². The molecule has 50 heavy (non-hydrogen) atoms. The van der Waals surface area contributed by atoms with Gasteiger partial charge in [-0.15, -0.1) is 0 Å². The van der Waals surface area contributed by atoms with Gasteiger partial charge in [0.05, 0.1) is 6.42 Å². The number of carboxylic acid groups (broad SMARTS) is 1. The van der Waals surface area contributed by atoms with Crippen LogP contribution in [0.2, 0.25) is 0 Å². The third-order valence-corrected chi connectivity index (χ3v) is 7.76. The Labute approximate surface area is 292 Å². The van der Waals surface area contributed by atoms with E-state index in [1.54, 1.807) is 0 Å². The lowest BCUT2D eigenvalue weighted by molar-refractivity contribution is -0.141. The van der Waals surface area contributed by atoms with Gasteiger partial charge in [-0.3, -0.25) is 38.6 Å². The van der Waals surface area contributed by atoms with Crippen LogP contribution in [-0.2, 0) is 33.6 Å². The second kappa shape index (κ2) is 23.8. The number of nitrogens with two attached hydrogens (primary N) is 4. The summed E-state index contributed by atoms with van der Waals surface area (Å²) in [6.45, 7) is 4.36. The molecule has 0 bridgehead atoms. The van der Waals surface area contributed by atoms with Crippen LogP contribution in [0.5, 0.6) is 0 Å². The lowest BCUT2D eigenvalue weighted by Gasteiger charge is -2.27. The SMILES string of the molecule is CC(C)C[C@@H]1NC(=O)[C@H](CCCN=C(N)N)NC(=O)[C@H](CCCCN)NC(=O)[C@H](CC(=O)O)NC(=O)[C@H](CCCCN)NC(=O)CCNC1=O. The van der Waals surface area contributed by atoms with Gasteiger partial charge in [-0.05, 0) is 76.8 Å². The summed E-state index contributed by atoms with van der Waals surface area (Å²) in [7, 11) is 0. The maximum absolute atomic E-state index is 13.7. The number of carbonyl (C=O) groups excluding carboxylic acids is 6. The molecule has 0 aromatic heterocycles. The topological polar surface area (TPSA) is 328 Å². The van der Waals surface area contributed by atoms with Gasteiger partial charge in [0.25, 0.3) is 0 Å². The van der Waals surface area contributed by atoms with Gasteiger partial charge in [-0.25, -0.2) is 0 Å². The number of carboxylic acids is 1. The first kappa shape index (κ1) is 43.5. The maximum Gasteiger partial charge on any atom is 0.305 e. The Morgan fingerprint density at radius 1 is 0.700 bits per heavy atom. The molecule has 0 aromatic carbocycles. The Balaban J connectivity index is 3.58. The van der Waals surface area contributed by atoms with E-state index in [0.717, 1.165) is 0 Å². The number of guanidine groups is 1. The maximum atomic E-state index is 13.7. The number of hydrogen-bond donors (Lipinski definition) is 11. The fourth-order valence-electron chi connectivity index (χ4n) is 5.16. The highest BCUT2D eigenvalue weighted by Crippen LogP contribution is 2.10. The Morgan fingerprint density at radius 3 is 1.64 bits per heavy atom. The molecule has 1 aliphatic rings. The zero-order chi connectivity index (χ0) is 37.6.